The van der Waals surface area contributed by atoms with Gasteiger partial charge < -0.3 is 22.8 Å². The molecule has 0 aliphatic carbocycles. The fraction of sp³-hybridized carbons (Fsp3) is 0. The summed E-state index contributed by atoms with van der Waals surface area (Å²) >= 11 is 0. The molecule has 0 amide bonds. The molecule has 534 valence electrons. The first kappa shape index (κ1) is 65.3. The Balaban J connectivity index is 1.05. The van der Waals surface area contributed by atoms with Gasteiger partial charge in [0, 0.05) is 59.4 Å². The third kappa shape index (κ3) is 10.3. The standard InChI is InChI=1S/C109H68N6/c110-69-70-28-27-41-83(62-70)104-105(111-98-56-50-77(71-29-7-1-8-30-71)63-88(98)89-64-78(51-57-99(89)111)72-31-9-2-10-32-72)107(113-94-46-23-19-42-84(94)85-43-20-24-47-95(85)113)109(115-102-60-54-81(75-37-15-5-16-38-75)67-92(102)93-68-82(55-61-103(93)115)76-39-17-6-18-40-76)108(114-96-48-25-21-44-86(96)87-45-22-26-49-97(87)114)106(104)112-100-58-52-79(73-33-11-3-12-34-73)65-90(100)91-66-80(53-59-101(91)112)74-35-13-4-14-36-74/h1-68H. The second-order valence-electron chi connectivity index (χ2n) is 30.1. The van der Waals surface area contributed by atoms with Gasteiger partial charge in [-0.3, -0.25) is 0 Å². The van der Waals surface area contributed by atoms with E-state index in [0.717, 1.165) is 215 Å². The Morgan fingerprint density at radius 2 is 0.348 bits per heavy atom. The molecule has 6 nitrogen and oxygen atoms in total. The van der Waals surface area contributed by atoms with E-state index in [1.807, 2.05) is 6.07 Å². The molecule has 5 heterocycles. The van der Waals surface area contributed by atoms with Crippen LogP contribution in [-0.4, -0.2) is 22.8 Å². The molecule has 0 fully saturated rings. The summed E-state index contributed by atoms with van der Waals surface area (Å²) in [4.78, 5) is 0. The molecule has 0 spiro atoms. The van der Waals surface area contributed by atoms with E-state index >= 15 is 0 Å². The first-order valence-electron chi connectivity index (χ1n) is 39.4. The number of hydrogen-bond donors (Lipinski definition) is 0. The average Bonchev–Trinajstić information content (AvgIpc) is 1.53. The minimum atomic E-state index is 0.533. The van der Waals surface area contributed by atoms with Gasteiger partial charge in [0.05, 0.1) is 95.2 Å². The number of aromatic nitrogens is 5. The summed E-state index contributed by atoms with van der Waals surface area (Å²) in [5.74, 6) is 0. The van der Waals surface area contributed by atoms with Crippen molar-refractivity contribution in [2.24, 2.45) is 0 Å². The predicted octanol–water partition coefficient (Wildman–Crippen LogP) is 28.7. The minimum Gasteiger partial charge on any atom is -0.306 e. The second kappa shape index (κ2) is 26.3. The summed E-state index contributed by atoms with van der Waals surface area (Å²) < 4.78 is 13.1. The largest absolute Gasteiger partial charge is 0.306 e. The van der Waals surface area contributed by atoms with Crippen LogP contribution in [0.15, 0.2) is 413 Å². The molecule has 115 heavy (non-hydrogen) atoms. The maximum atomic E-state index is 11.7. The average molecular weight is 1460 g/mol. The normalized spacial score (nSPS) is 11.8. The molecule has 0 saturated heterocycles. The lowest BCUT2D eigenvalue weighted by Gasteiger charge is -2.32. The van der Waals surface area contributed by atoms with Crippen LogP contribution >= 0.6 is 0 Å². The number of nitrogens with zero attached hydrogens (tertiary/aromatic N) is 6. The van der Waals surface area contributed by atoms with Crippen molar-refractivity contribution >= 4 is 109 Å². The van der Waals surface area contributed by atoms with Gasteiger partial charge in [0.15, 0.2) is 0 Å². The van der Waals surface area contributed by atoms with Gasteiger partial charge in [-0.05, 0) is 182 Å². The highest BCUT2D eigenvalue weighted by Gasteiger charge is 2.38. The topological polar surface area (TPSA) is 48.4 Å². The molecule has 23 aromatic rings. The molecule has 0 aliphatic rings. The second-order valence-corrected chi connectivity index (χ2v) is 30.1. The van der Waals surface area contributed by atoms with E-state index in [2.05, 4.69) is 435 Å². The highest BCUT2D eigenvalue weighted by Crippen LogP contribution is 2.56. The van der Waals surface area contributed by atoms with Crippen LogP contribution < -0.4 is 0 Å². The molecule has 6 heteroatoms. The van der Waals surface area contributed by atoms with Crippen molar-refractivity contribution in [3.8, 4) is 112 Å². The predicted molar refractivity (Wildman–Crippen MR) is 481 cm³/mol. The van der Waals surface area contributed by atoms with E-state index in [-0.39, 0.29) is 0 Å². The third-order valence-electron chi connectivity index (χ3n) is 23.9. The quantitative estimate of drug-likeness (QED) is 0.120. The molecular formula is C109H68N6. The number of benzene rings is 18. The highest BCUT2D eigenvalue weighted by atomic mass is 15.2. The van der Waals surface area contributed by atoms with E-state index in [1.165, 1.54) is 0 Å². The van der Waals surface area contributed by atoms with Gasteiger partial charge in [0.2, 0.25) is 0 Å². The Morgan fingerprint density at radius 3 is 0.591 bits per heavy atom. The SMILES string of the molecule is N#Cc1cccc(-c2c(-n3c4ccc(-c5ccccc5)cc4c4cc(-c5ccccc5)ccc43)c(-n3c4ccccc4c4ccccc43)c(-n3c4ccc(-c5ccccc5)cc4c4cc(-c5ccccc5)ccc43)c(-n3c4ccccc4c4ccccc43)c2-n2c3ccc(-c4ccccc4)cc3c3cc(-c4ccccc4)ccc32)c1. The molecule has 0 aliphatic heterocycles. The number of rotatable bonds is 12. The summed E-state index contributed by atoms with van der Waals surface area (Å²) in [6, 6.07) is 155. The van der Waals surface area contributed by atoms with E-state index in [0.29, 0.717) is 5.56 Å². The molecule has 18 aromatic carbocycles. The Hall–Kier alpha value is -15.6. The lowest BCUT2D eigenvalue weighted by molar-refractivity contribution is 1.00. The summed E-state index contributed by atoms with van der Waals surface area (Å²) in [6.45, 7) is 0. The van der Waals surface area contributed by atoms with E-state index in [1.54, 1.807) is 0 Å². The first-order valence-corrected chi connectivity index (χ1v) is 39.4. The maximum absolute atomic E-state index is 11.7. The highest BCUT2D eigenvalue weighted by molar-refractivity contribution is 6.21. The summed E-state index contributed by atoms with van der Waals surface area (Å²) in [6.07, 6.45) is 0. The van der Waals surface area contributed by atoms with Crippen molar-refractivity contribution in [2.45, 2.75) is 0 Å². The molecule has 0 unspecified atom stereocenters. The van der Waals surface area contributed by atoms with Crippen LogP contribution in [0.2, 0.25) is 0 Å². The van der Waals surface area contributed by atoms with Crippen molar-refractivity contribution in [1.82, 2.24) is 22.8 Å². The lowest BCUT2D eigenvalue weighted by atomic mass is 9.94. The molecule has 0 radical (unpaired) electrons. The van der Waals surface area contributed by atoms with Gasteiger partial charge in [0.1, 0.15) is 0 Å². The van der Waals surface area contributed by atoms with Crippen LogP contribution in [0.3, 0.4) is 0 Å². The smallest absolute Gasteiger partial charge is 0.0991 e. The zero-order chi connectivity index (χ0) is 75.8. The molecule has 0 N–H and O–H groups in total. The van der Waals surface area contributed by atoms with E-state index in [9.17, 15) is 5.26 Å². The van der Waals surface area contributed by atoms with Gasteiger partial charge in [0.25, 0.3) is 0 Å². The number of hydrogen-bond acceptors (Lipinski definition) is 1. The van der Waals surface area contributed by atoms with Crippen LogP contribution in [0.5, 0.6) is 0 Å². The zero-order valence-corrected chi connectivity index (χ0v) is 62.4. The molecule has 0 atom stereocenters. The minimum absolute atomic E-state index is 0.533. The first-order chi connectivity index (χ1) is 57.0. The van der Waals surface area contributed by atoms with E-state index in [4.69, 9.17) is 0 Å². The molecule has 23 rings (SSSR count). The Bertz CT molecular complexity index is 7190. The van der Waals surface area contributed by atoms with Crippen LogP contribution in [0, 0.1) is 11.3 Å². The molecule has 0 saturated carbocycles. The van der Waals surface area contributed by atoms with Gasteiger partial charge in [-0.2, -0.15) is 5.26 Å². The lowest BCUT2D eigenvalue weighted by Crippen LogP contribution is -2.18. The van der Waals surface area contributed by atoms with Gasteiger partial charge in [-0.1, -0.05) is 303 Å². The van der Waals surface area contributed by atoms with Crippen molar-refractivity contribution in [1.29, 1.82) is 5.26 Å². The summed E-state index contributed by atoms with van der Waals surface area (Å²) in [7, 11) is 0. The zero-order valence-electron chi connectivity index (χ0n) is 62.4. The summed E-state index contributed by atoms with van der Waals surface area (Å²) in [5.41, 5.74) is 30.5. The van der Waals surface area contributed by atoms with Crippen molar-refractivity contribution < 1.29 is 0 Å². The molecular weight excluding hydrogens is 1390 g/mol. The van der Waals surface area contributed by atoms with Crippen molar-refractivity contribution in [3.05, 3.63) is 418 Å². The number of fused-ring (bicyclic) bond motifs is 15. The van der Waals surface area contributed by atoms with Gasteiger partial charge in [-0.15, -0.1) is 0 Å². The van der Waals surface area contributed by atoms with Crippen LogP contribution in [0.4, 0.5) is 0 Å². The Labute approximate surface area is 663 Å². The monoisotopic (exact) mass is 1460 g/mol. The van der Waals surface area contributed by atoms with Crippen molar-refractivity contribution in [3.63, 3.8) is 0 Å². The fourth-order valence-corrected chi connectivity index (χ4v) is 18.8. The van der Waals surface area contributed by atoms with E-state index < -0.39 is 0 Å². The van der Waals surface area contributed by atoms with Crippen LogP contribution in [0.1, 0.15) is 5.56 Å². The summed E-state index contributed by atoms with van der Waals surface area (Å²) in [5, 5.41) is 22.7. The molecule has 0 bridgehead atoms. The Kier molecular flexibility index (Phi) is 15.0. The number of nitriles is 1. The third-order valence-corrected chi connectivity index (χ3v) is 23.9. The van der Waals surface area contributed by atoms with Gasteiger partial charge in [-0.25, -0.2) is 0 Å². The van der Waals surface area contributed by atoms with Gasteiger partial charge >= 0.3 is 0 Å². The Morgan fingerprint density at radius 1 is 0.148 bits per heavy atom. The molecule has 5 aromatic heterocycles. The van der Waals surface area contributed by atoms with Crippen LogP contribution in [-0.2, 0) is 0 Å². The van der Waals surface area contributed by atoms with Crippen molar-refractivity contribution in [2.75, 3.05) is 0 Å². The fourth-order valence-electron chi connectivity index (χ4n) is 18.8. The number of para-hydroxylation sites is 4. The maximum Gasteiger partial charge on any atom is 0.0991 e. The van der Waals surface area contributed by atoms with Crippen LogP contribution in [0.25, 0.3) is 215 Å².